The number of carbonyl (C=O) groups excluding carboxylic acids is 1. The highest BCUT2D eigenvalue weighted by molar-refractivity contribution is 7.80. The largest absolute Gasteiger partial charge is 0.493 e. The van der Waals surface area contributed by atoms with Crippen LogP contribution in [-0.4, -0.2) is 31.3 Å². The van der Waals surface area contributed by atoms with Gasteiger partial charge in [0.05, 0.1) is 20.3 Å². The molecule has 0 spiro atoms. The standard InChI is InChI=1S/C29H42N2O4S/c1-20(2)13-16-35-24-12-11-23(18-26(24)33-7)19-30-28(36)31-27(32)29(5,6)14-8-15-34-25-17-21(3)9-10-22(25)4/h9-12,17-18,20H,8,13-16,19H2,1-7H3,(H2,30,31,32,36). The molecule has 7 heteroatoms. The van der Waals surface area contributed by atoms with Crippen LogP contribution < -0.4 is 24.8 Å². The molecule has 1 amide bonds. The molecule has 198 valence electrons. The van der Waals surface area contributed by atoms with E-state index in [2.05, 4.69) is 36.6 Å². The molecule has 2 rings (SSSR count). The molecule has 0 fully saturated rings. The van der Waals surface area contributed by atoms with Gasteiger partial charge in [-0.1, -0.05) is 45.9 Å². The molecule has 0 saturated carbocycles. The Morgan fingerprint density at radius 3 is 2.42 bits per heavy atom. The van der Waals surface area contributed by atoms with Crippen LogP contribution in [0.1, 0.15) is 63.6 Å². The molecular weight excluding hydrogens is 472 g/mol. The number of nitrogens with one attached hydrogen (secondary N) is 2. The van der Waals surface area contributed by atoms with Gasteiger partial charge in [-0.25, -0.2) is 0 Å². The van der Waals surface area contributed by atoms with Crippen molar-refractivity contribution in [3.63, 3.8) is 0 Å². The summed E-state index contributed by atoms with van der Waals surface area (Å²) >= 11 is 5.37. The highest BCUT2D eigenvalue weighted by atomic mass is 32.1. The second-order valence-electron chi connectivity index (χ2n) is 10.3. The summed E-state index contributed by atoms with van der Waals surface area (Å²) in [7, 11) is 1.63. The molecule has 0 aliphatic carbocycles. The van der Waals surface area contributed by atoms with Gasteiger partial charge >= 0.3 is 0 Å². The number of methoxy groups -OCH3 is 1. The van der Waals surface area contributed by atoms with Crippen molar-refractivity contribution < 1.29 is 19.0 Å². The SMILES string of the molecule is COc1cc(CNC(=S)NC(=O)C(C)(C)CCCOc2cc(C)ccc2C)ccc1OCCC(C)C. The van der Waals surface area contributed by atoms with Gasteiger partial charge in [-0.3, -0.25) is 4.79 Å². The van der Waals surface area contributed by atoms with Gasteiger partial charge in [0.1, 0.15) is 5.75 Å². The van der Waals surface area contributed by atoms with Crippen LogP contribution in [0, 0.1) is 25.2 Å². The Bertz CT molecular complexity index is 1020. The van der Waals surface area contributed by atoms with Gasteiger partial charge in [-0.2, -0.15) is 0 Å². The van der Waals surface area contributed by atoms with Crippen LogP contribution >= 0.6 is 12.2 Å². The molecule has 0 heterocycles. The zero-order valence-electron chi connectivity index (χ0n) is 22.8. The van der Waals surface area contributed by atoms with E-state index in [4.69, 9.17) is 26.4 Å². The third-order valence-corrected chi connectivity index (χ3v) is 6.27. The molecule has 0 saturated heterocycles. The molecule has 2 N–H and O–H groups in total. The summed E-state index contributed by atoms with van der Waals surface area (Å²) in [6.07, 6.45) is 2.43. The van der Waals surface area contributed by atoms with E-state index < -0.39 is 5.41 Å². The van der Waals surface area contributed by atoms with Crippen LogP contribution in [0.3, 0.4) is 0 Å². The first-order valence-corrected chi connectivity index (χ1v) is 13.0. The topological polar surface area (TPSA) is 68.8 Å². The first-order valence-electron chi connectivity index (χ1n) is 12.6. The van der Waals surface area contributed by atoms with Crippen molar-refractivity contribution in [2.75, 3.05) is 20.3 Å². The van der Waals surface area contributed by atoms with Gasteiger partial charge in [0.2, 0.25) is 5.91 Å². The Balaban J connectivity index is 1.78. The molecular formula is C29H42N2O4S. The van der Waals surface area contributed by atoms with Crippen LogP contribution in [-0.2, 0) is 11.3 Å². The maximum absolute atomic E-state index is 12.8. The van der Waals surface area contributed by atoms with E-state index in [1.807, 2.05) is 52.0 Å². The minimum absolute atomic E-state index is 0.113. The summed E-state index contributed by atoms with van der Waals surface area (Å²) in [5.74, 6) is 2.77. The number of hydrogen-bond acceptors (Lipinski definition) is 5. The second kappa shape index (κ2) is 14.1. The lowest BCUT2D eigenvalue weighted by molar-refractivity contribution is -0.128. The highest BCUT2D eigenvalue weighted by Gasteiger charge is 2.27. The molecule has 0 radical (unpaired) electrons. The summed E-state index contributed by atoms with van der Waals surface area (Å²) in [6, 6.07) is 12.0. The van der Waals surface area contributed by atoms with Crippen molar-refractivity contribution in [3.8, 4) is 17.2 Å². The average Bonchev–Trinajstić information content (AvgIpc) is 2.82. The van der Waals surface area contributed by atoms with Crippen LogP contribution in [0.15, 0.2) is 36.4 Å². The Morgan fingerprint density at radius 1 is 1.00 bits per heavy atom. The molecule has 0 aliphatic heterocycles. The molecule has 6 nitrogen and oxygen atoms in total. The van der Waals surface area contributed by atoms with Gasteiger partial charge in [-0.05, 0) is 86.1 Å². The van der Waals surface area contributed by atoms with Gasteiger partial charge in [0.15, 0.2) is 16.6 Å². The van der Waals surface area contributed by atoms with E-state index in [0.717, 1.165) is 35.5 Å². The van der Waals surface area contributed by atoms with Gasteiger partial charge in [0.25, 0.3) is 0 Å². The first-order chi connectivity index (χ1) is 17.0. The van der Waals surface area contributed by atoms with E-state index in [0.29, 0.717) is 43.0 Å². The van der Waals surface area contributed by atoms with E-state index in [-0.39, 0.29) is 5.91 Å². The van der Waals surface area contributed by atoms with E-state index in [9.17, 15) is 4.79 Å². The van der Waals surface area contributed by atoms with E-state index >= 15 is 0 Å². The Labute approximate surface area is 222 Å². The fourth-order valence-electron chi connectivity index (χ4n) is 3.52. The van der Waals surface area contributed by atoms with Gasteiger partial charge < -0.3 is 24.8 Å². The Hall–Kier alpha value is -2.80. The summed E-state index contributed by atoms with van der Waals surface area (Å²) in [5, 5.41) is 6.24. The summed E-state index contributed by atoms with van der Waals surface area (Å²) in [4.78, 5) is 12.8. The third-order valence-electron chi connectivity index (χ3n) is 6.02. The van der Waals surface area contributed by atoms with Crippen molar-refractivity contribution in [3.05, 3.63) is 53.1 Å². The third kappa shape index (κ3) is 9.69. The zero-order chi connectivity index (χ0) is 26.7. The van der Waals surface area contributed by atoms with E-state index in [1.165, 1.54) is 5.56 Å². The molecule has 0 aromatic heterocycles. The maximum atomic E-state index is 12.8. The maximum Gasteiger partial charge on any atom is 0.231 e. The molecule has 0 bridgehead atoms. The number of benzene rings is 2. The number of hydrogen-bond donors (Lipinski definition) is 2. The average molecular weight is 515 g/mol. The number of ether oxygens (including phenoxy) is 3. The smallest absolute Gasteiger partial charge is 0.231 e. The highest BCUT2D eigenvalue weighted by Crippen LogP contribution is 2.28. The number of amides is 1. The molecule has 2 aromatic rings. The second-order valence-corrected chi connectivity index (χ2v) is 10.7. The quantitative estimate of drug-likeness (QED) is 0.248. The summed E-state index contributed by atoms with van der Waals surface area (Å²) < 4.78 is 17.3. The minimum Gasteiger partial charge on any atom is -0.493 e. The Kier molecular flexibility index (Phi) is 11.5. The molecule has 36 heavy (non-hydrogen) atoms. The van der Waals surface area contributed by atoms with Crippen LogP contribution in [0.5, 0.6) is 17.2 Å². The van der Waals surface area contributed by atoms with Gasteiger partial charge in [0, 0.05) is 12.0 Å². The van der Waals surface area contributed by atoms with Crippen molar-refractivity contribution in [1.82, 2.24) is 10.6 Å². The fraction of sp³-hybridized carbons (Fsp3) is 0.517. The summed E-state index contributed by atoms with van der Waals surface area (Å²) in [5.41, 5.74) is 2.68. The summed E-state index contributed by atoms with van der Waals surface area (Å²) in [6.45, 7) is 13.9. The van der Waals surface area contributed by atoms with Crippen LogP contribution in [0.2, 0.25) is 0 Å². The van der Waals surface area contributed by atoms with Crippen LogP contribution in [0.25, 0.3) is 0 Å². The Morgan fingerprint density at radius 2 is 1.72 bits per heavy atom. The number of carbonyl (C=O) groups is 1. The molecule has 0 unspecified atom stereocenters. The van der Waals surface area contributed by atoms with Crippen molar-refractivity contribution in [2.45, 2.75) is 67.3 Å². The monoisotopic (exact) mass is 514 g/mol. The number of rotatable bonds is 13. The minimum atomic E-state index is -0.574. The predicted octanol–water partition coefficient (Wildman–Crippen LogP) is 6.11. The van der Waals surface area contributed by atoms with Crippen molar-refractivity contribution >= 4 is 23.2 Å². The predicted molar refractivity (Wildman–Crippen MR) is 150 cm³/mol. The van der Waals surface area contributed by atoms with Crippen molar-refractivity contribution in [1.29, 1.82) is 0 Å². The normalized spacial score (nSPS) is 11.2. The zero-order valence-corrected chi connectivity index (χ0v) is 23.6. The number of thiocarbonyl (C=S) groups is 1. The lowest BCUT2D eigenvalue weighted by Gasteiger charge is -2.24. The molecule has 2 aromatic carbocycles. The fourth-order valence-corrected chi connectivity index (χ4v) is 3.68. The molecule has 0 aliphatic rings. The lowest BCUT2D eigenvalue weighted by atomic mass is 9.87. The van der Waals surface area contributed by atoms with E-state index in [1.54, 1.807) is 7.11 Å². The first kappa shape index (κ1) is 29.4. The van der Waals surface area contributed by atoms with Crippen molar-refractivity contribution in [2.24, 2.45) is 11.3 Å². The van der Waals surface area contributed by atoms with Gasteiger partial charge in [-0.15, -0.1) is 0 Å². The molecule has 0 atom stereocenters. The lowest BCUT2D eigenvalue weighted by Crippen LogP contribution is -2.45. The number of aryl methyl sites for hydroxylation is 2. The van der Waals surface area contributed by atoms with Crippen LogP contribution in [0.4, 0.5) is 0 Å².